The molecule has 3 heteroatoms. The standard InChI is InChI=1S/C10H10N2O/c11-6-7-1-4-10(9(12)5-7)13-8-2-3-8/h1,4-5,8H,2-3,12H2. The van der Waals surface area contributed by atoms with Crippen molar-refractivity contribution in [2.75, 3.05) is 5.73 Å². The maximum Gasteiger partial charge on any atom is 0.142 e. The largest absolute Gasteiger partial charge is 0.488 e. The average Bonchev–Trinajstić information content (AvgIpc) is 2.92. The van der Waals surface area contributed by atoms with Crippen molar-refractivity contribution >= 4 is 5.69 Å². The molecule has 0 aromatic heterocycles. The number of nitrogens with zero attached hydrogens (tertiary/aromatic N) is 1. The summed E-state index contributed by atoms with van der Waals surface area (Å²) < 4.78 is 5.52. The molecule has 0 spiro atoms. The molecule has 0 amide bonds. The highest BCUT2D eigenvalue weighted by molar-refractivity contribution is 5.56. The van der Waals surface area contributed by atoms with Gasteiger partial charge in [0.15, 0.2) is 0 Å². The Kier molecular flexibility index (Phi) is 1.82. The number of hydrogen-bond donors (Lipinski definition) is 1. The second kappa shape index (κ2) is 2.98. The number of nitrogens with two attached hydrogens (primary N) is 1. The zero-order valence-electron chi connectivity index (χ0n) is 7.16. The third kappa shape index (κ3) is 1.73. The van der Waals surface area contributed by atoms with E-state index in [1.54, 1.807) is 18.2 Å². The van der Waals surface area contributed by atoms with Gasteiger partial charge in [-0.25, -0.2) is 0 Å². The van der Waals surface area contributed by atoms with E-state index in [-0.39, 0.29) is 0 Å². The minimum absolute atomic E-state index is 0.343. The molecule has 1 saturated carbocycles. The second-order valence-corrected chi connectivity index (χ2v) is 3.18. The Morgan fingerprint density at radius 1 is 1.46 bits per heavy atom. The Morgan fingerprint density at radius 2 is 2.23 bits per heavy atom. The Bertz CT molecular complexity index is 364. The zero-order valence-corrected chi connectivity index (χ0v) is 7.16. The van der Waals surface area contributed by atoms with Gasteiger partial charge in [-0.15, -0.1) is 0 Å². The molecule has 1 aliphatic carbocycles. The van der Waals surface area contributed by atoms with Crippen molar-refractivity contribution in [1.82, 2.24) is 0 Å². The van der Waals surface area contributed by atoms with E-state index >= 15 is 0 Å². The van der Waals surface area contributed by atoms with Crippen LogP contribution in [-0.4, -0.2) is 6.10 Å². The highest BCUT2D eigenvalue weighted by Crippen LogP contribution is 2.30. The van der Waals surface area contributed by atoms with Crippen molar-refractivity contribution in [1.29, 1.82) is 5.26 Å². The van der Waals surface area contributed by atoms with Gasteiger partial charge in [-0.3, -0.25) is 0 Å². The first kappa shape index (κ1) is 7.93. The van der Waals surface area contributed by atoms with Gasteiger partial charge in [0.2, 0.25) is 0 Å². The molecular formula is C10H10N2O. The molecule has 0 radical (unpaired) electrons. The lowest BCUT2D eigenvalue weighted by atomic mass is 10.2. The van der Waals surface area contributed by atoms with Gasteiger partial charge in [0.1, 0.15) is 5.75 Å². The van der Waals surface area contributed by atoms with Crippen molar-refractivity contribution in [3.8, 4) is 11.8 Å². The molecule has 1 fully saturated rings. The Morgan fingerprint density at radius 3 is 2.77 bits per heavy atom. The van der Waals surface area contributed by atoms with Crippen LogP contribution in [0.3, 0.4) is 0 Å². The van der Waals surface area contributed by atoms with Crippen LogP contribution in [0.5, 0.6) is 5.75 Å². The highest BCUT2D eigenvalue weighted by atomic mass is 16.5. The van der Waals surface area contributed by atoms with E-state index in [9.17, 15) is 0 Å². The van der Waals surface area contributed by atoms with E-state index in [2.05, 4.69) is 0 Å². The number of nitrogen functional groups attached to an aromatic ring is 1. The monoisotopic (exact) mass is 174 g/mol. The van der Waals surface area contributed by atoms with Gasteiger partial charge in [-0.1, -0.05) is 0 Å². The van der Waals surface area contributed by atoms with Crippen molar-refractivity contribution in [3.05, 3.63) is 23.8 Å². The molecule has 0 heterocycles. The third-order valence-corrected chi connectivity index (χ3v) is 1.96. The topological polar surface area (TPSA) is 59.0 Å². The van der Waals surface area contributed by atoms with Crippen LogP contribution >= 0.6 is 0 Å². The average molecular weight is 174 g/mol. The van der Waals surface area contributed by atoms with Gasteiger partial charge in [-0.05, 0) is 31.0 Å². The molecule has 0 saturated heterocycles. The van der Waals surface area contributed by atoms with Crippen molar-refractivity contribution < 1.29 is 4.74 Å². The number of hydrogen-bond acceptors (Lipinski definition) is 3. The molecule has 0 atom stereocenters. The van der Waals surface area contributed by atoms with E-state index in [1.165, 1.54) is 0 Å². The maximum atomic E-state index is 8.60. The van der Waals surface area contributed by atoms with E-state index in [0.29, 0.717) is 23.1 Å². The number of ether oxygens (including phenoxy) is 1. The normalized spacial score (nSPS) is 15.0. The maximum absolute atomic E-state index is 8.60. The summed E-state index contributed by atoms with van der Waals surface area (Å²) in [7, 11) is 0. The fourth-order valence-corrected chi connectivity index (χ4v) is 1.09. The van der Waals surface area contributed by atoms with Crippen LogP contribution in [0.1, 0.15) is 18.4 Å². The van der Waals surface area contributed by atoms with Gasteiger partial charge in [0.05, 0.1) is 23.4 Å². The Labute approximate surface area is 76.7 Å². The van der Waals surface area contributed by atoms with E-state index in [4.69, 9.17) is 15.7 Å². The van der Waals surface area contributed by atoms with E-state index in [1.807, 2.05) is 6.07 Å². The smallest absolute Gasteiger partial charge is 0.142 e. The second-order valence-electron chi connectivity index (χ2n) is 3.18. The predicted molar refractivity (Wildman–Crippen MR) is 49.2 cm³/mol. The Hall–Kier alpha value is -1.69. The lowest BCUT2D eigenvalue weighted by Crippen LogP contribution is -1.99. The summed E-state index contributed by atoms with van der Waals surface area (Å²) in [5, 5.41) is 8.60. The first-order chi connectivity index (χ1) is 6.29. The van der Waals surface area contributed by atoms with Crippen LogP contribution in [0.15, 0.2) is 18.2 Å². The first-order valence-electron chi connectivity index (χ1n) is 4.26. The molecule has 66 valence electrons. The molecule has 0 aliphatic heterocycles. The highest BCUT2D eigenvalue weighted by Gasteiger charge is 2.24. The molecule has 2 N–H and O–H groups in total. The van der Waals surface area contributed by atoms with Crippen molar-refractivity contribution in [3.63, 3.8) is 0 Å². The lowest BCUT2D eigenvalue weighted by Gasteiger charge is -2.06. The molecular weight excluding hydrogens is 164 g/mol. The summed E-state index contributed by atoms with van der Waals surface area (Å²) >= 11 is 0. The summed E-state index contributed by atoms with van der Waals surface area (Å²) in [5.41, 5.74) is 6.81. The van der Waals surface area contributed by atoms with Crippen LogP contribution in [0, 0.1) is 11.3 Å². The Balaban J connectivity index is 2.21. The van der Waals surface area contributed by atoms with Gasteiger partial charge in [-0.2, -0.15) is 5.26 Å². The summed E-state index contributed by atoms with van der Waals surface area (Å²) in [6.07, 6.45) is 2.56. The predicted octanol–water partition coefficient (Wildman–Crippen LogP) is 1.68. The fraction of sp³-hybridized carbons (Fsp3) is 0.300. The molecule has 2 rings (SSSR count). The van der Waals surface area contributed by atoms with Crippen molar-refractivity contribution in [2.45, 2.75) is 18.9 Å². The molecule has 13 heavy (non-hydrogen) atoms. The van der Waals surface area contributed by atoms with Crippen LogP contribution in [0.4, 0.5) is 5.69 Å². The fourth-order valence-electron chi connectivity index (χ4n) is 1.09. The summed E-state index contributed by atoms with van der Waals surface area (Å²) in [5.74, 6) is 0.696. The van der Waals surface area contributed by atoms with Crippen LogP contribution in [0.25, 0.3) is 0 Å². The van der Waals surface area contributed by atoms with Crippen LogP contribution < -0.4 is 10.5 Å². The quantitative estimate of drug-likeness (QED) is 0.694. The van der Waals surface area contributed by atoms with Crippen LogP contribution in [-0.2, 0) is 0 Å². The van der Waals surface area contributed by atoms with Gasteiger partial charge in [0.25, 0.3) is 0 Å². The summed E-state index contributed by atoms with van der Waals surface area (Å²) in [4.78, 5) is 0. The first-order valence-corrected chi connectivity index (χ1v) is 4.26. The van der Waals surface area contributed by atoms with Gasteiger partial charge >= 0.3 is 0 Å². The molecule has 3 nitrogen and oxygen atoms in total. The van der Waals surface area contributed by atoms with E-state index in [0.717, 1.165) is 12.8 Å². The van der Waals surface area contributed by atoms with Gasteiger partial charge in [0, 0.05) is 0 Å². The zero-order chi connectivity index (χ0) is 9.26. The summed E-state index contributed by atoms with van der Waals surface area (Å²) in [6, 6.07) is 7.14. The lowest BCUT2D eigenvalue weighted by molar-refractivity contribution is 0.305. The SMILES string of the molecule is N#Cc1ccc(OC2CC2)c(N)c1. The number of nitriles is 1. The summed E-state index contributed by atoms with van der Waals surface area (Å²) in [6.45, 7) is 0. The molecule has 1 aromatic rings. The molecule has 0 unspecified atom stereocenters. The van der Waals surface area contributed by atoms with Gasteiger partial charge < -0.3 is 10.5 Å². The number of benzene rings is 1. The minimum Gasteiger partial charge on any atom is -0.488 e. The number of rotatable bonds is 2. The van der Waals surface area contributed by atoms with Crippen molar-refractivity contribution in [2.24, 2.45) is 0 Å². The van der Waals surface area contributed by atoms with Crippen LogP contribution in [0.2, 0.25) is 0 Å². The third-order valence-electron chi connectivity index (χ3n) is 1.96. The van der Waals surface area contributed by atoms with E-state index < -0.39 is 0 Å². The molecule has 1 aromatic carbocycles. The molecule has 0 bridgehead atoms. The molecule has 1 aliphatic rings. The minimum atomic E-state index is 0.343. The number of anilines is 1.